The van der Waals surface area contributed by atoms with Gasteiger partial charge in [-0.15, -0.1) is 0 Å². The van der Waals surface area contributed by atoms with E-state index in [1.54, 1.807) is 0 Å². The largest absolute Gasteiger partial charge is 0.386 e. The summed E-state index contributed by atoms with van der Waals surface area (Å²) < 4.78 is 27.6. The average molecular weight is 294 g/mol. The zero-order chi connectivity index (χ0) is 16.5. The Morgan fingerprint density at radius 1 is 0.950 bits per heavy atom. The molecule has 0 rings (SSSR count). The van der Waals surface area contributed by atoms with Gasteiger partial charge >= 0.3 is 0 Å². The van der Waals surface area contributed by atoms with Crippen LogP contribution in [0.25, 0.3) is 0 Å². The highest BCUT2D eigenvalue weighted by atomic mass is 19.1. The van der Waals surface area contributed by atoms with E-state index in [2.05, 4.69) is 0 Å². The summed E-state index contributed by atoms with van der Waals surface area (Å²) in [6.07, 6.45) is -9.05. The van der Waals surface area contributed by atoms with Crippen molar-refractivity contribution in [3.8, 4) is 0 Å². The Morgan fingerprint density at radius 3 is 1.65 bits per heavy atom. The summed E-state index contributed by atoms with van der Waals surface area (Å²) in [7, 11) is 0. The molecular formula is C14H24F2O4. The highest BCUT2D eigenvalue weighted by Crippen LogP contribution is 2.26. The number of carbonyl (C=O) groups is 2. The lowest BCUT2D eigenvalue weighted by Crippen LogP contribution is -2.50. The molecule has 0 heterocycles. The summed E-state index contributed by atoms with van der Waals surface area (Å²) >= 11 is 0. The number of alkyl halides is 2. The summed E-state index contributed by atoms with van der Waals surface area (Å²) in [5.74, 6) is -2.28. The molecule has 0 aromatic heterocycles. The standard InChI is InChI=1S/C14H24F2O4/c1-13(2,3)11(16)10(19)9(18)8(17)7(15)12(20)14(4,5)6/h7-9,11,17-18H,1-6H3. The van der Waals surface area contributed by atoms with Gasteiger partial charge in [0, 0.05) is 10.8 Å². The van der Waals surface area contributed by atoms with Crippen molar-refractivity contribution in [1.29, 1.82) is 0 Å². The fraction of sp³-hybridized carbons (Fsp3) is 0.857. The molecule has 0 aliphatic rings. The van der Waals surface area contributed by atoms with Crippen molar-refractivity contribution >= 4 is 11.6 Å². The molecule has 0 spiro atoms. The molecule has 118 valence electrons. The topological polar surface area (TPSA) is 74.6 Å². The van der Waals surface area contributed by atoms with Gasteiger partial charge in [0.15, 0.2) is 23.9 Å². The number of ketones is 2. The van der Waals surface area contributed by atoms with E-state index in [9.17, 15) is 28.6 Å². The minimum atomic E-state index is -2.44. The van der Waals surface area contributed by atoms with Gasteiger partial charge in [-0.3, -0.25) is 9.59 Å². The van der Waals surface area contributed by atoms with Crippen LogP contribution in [0, 0.1) is 10.8 Å². The predicted molar refractivity (Wildman–Crippen MR) is 70.7 cm³/mol. The summed E-state index contributed by atoms with van der Waals surface area (Å²) in [4.78, 5) is 23.3. The number of hydrogen-bond acceptors (Lipinski definition) is 4. The van der Waals surface area contributed by atoms with Crippen LogP contribution in [0.4, 0.5) is 8.78 Å². The van der Waals surface area contributed by atoms with E-state index in [0.717, 1.165) is 0 Å². The van der Waals surface area contributed by atoms with E-state index < -0.39 is 46.9 Å². The van der Waals surface area contributed by atoms with Crippen LogP contribution in [0.15, 0.2) is 0 Å². The second-order valence-corrected chi connectivity index (χ2v) is 7.08. The monoisotopic (exact) mass is 294 g/mol. The van der Waals surface area contributed by atoms with Gasteiger partial charge in [0.05, 0.1) is 0 Å². The van der Waals surface area contributed by atoms with Crippen molar-refractivity contribution in [2.24, 2.45) is 10.8 Å². The lowest BCUT2D eigenvalue weighted by atomic mass is 9.82. The first kappa shape index (κ1) is 19.1. The molecule has 0 aromatic rings. The molecule has 4 atom stereocenters. The zero-order valence-corrected chi connectivity index (χ0v) is 12.8. The number of halogens is 2. The number of Topliss-reactive ketones (excluding diaryl/α,β-unsaturated/α-hetero) is 2. The third-order valence-corrected chi connectivity index (χ3v) is 2.91. The van der Waals surface area contributed by atoms with Crippen molar-refractivity contribution in [2.75, 3.05) is 0 Å². The highest BCUT2D eigenvalue weighted by molar-refractivity contribution is 5.92. The van der Waals surface area contributed by atoms with Crippen LogP contribution in [-0.4, -0.2) is 46.3 Å². The quantitative estimate of drug-likeness (QED) is 0.808. The smallest absolute Gasteiger partial charge is 0.198 e. The minimum Gasteiger partial charge on any atom is -0.386 e. The number of hydrogen-bond donors (Lipinski definition) is 2. The second-order valence-electron chi connectivity index (χ2n) is 7.08. The lowest BCUT2D eigenvalue weighted by molar-refractivity contribution is -0.150. The Balaban J connectivity index is 4.99. The molecule has 0 radical (unpaired) electrons. The van der Waals surface area contributed by atoms with Crippen molar-refractivity contribution in [1.82, 2.24) is 0 Å². The highest BCUT2D eigenvalue weighted by Gasteiger charge is 2.44. The summed E-state index contributed by atoms with van der Waals surface area (Å²) in [6, 6.07) is 0. The van der Waals surface area contributed by atoms with Crippen molar-refractivity contribution in [3.63, 3.8) is 0 Å². The van der Waals surface area contributed by atoms with Crippen LogP contribution in [0.1, 0.15) is 41.5 Å². The molecule has 6 heteroatoms. The number of aliphatic hydroxyl groups excluding tert-OH is 2. The van der Waals surface area contributed by atoms with E-state index in [-0.39, 0.29) is 0 Å². The van der Waals surface area contributed by atoms with Crippen molar-refractivity contribution in [2.45, 2.75) is 66.1 Å². The predicted octanol–water partition coefficient (Wildman–Crippen LogP) is 1.61. The molecule has 0 saturated carbocycles. The fourth-order valence-corrected chi connectivity index (χ4v) is 1.47. The number of aliphatic hydroxyl groups is 2. The van der Waals surface area contributed by atoms with E-state index in [0.29, 0.717) is 0 Å². The van der Waals surface area contributed by atoms with Gasteiger partial charge in [-0.05, 0) is 0 Å². The van der Waals surface area contributed by atoms with Gasteiger partial charge in [-0.2, -0.15) is 0 Å². The average Bonchev–Trinajstić information content (AvgIpc) is 2.30. The minimum absolute atomic E-state index is 0.956. The first-order valence-electron chi connectivity index (χ1n) is 6.43. The second kappa shape index (κ2) is 6.26. The van der Waals surface area contributed by atoms with E-state index in [1.807, 2.05) is 0 Å². The summed E-state index contributed by atoms with van der Waals surface area (Å²) in [5.41, 5.74) is -2.17. The van der Waals surface area contributed by atoms with Crippen LogP contribution in [0.3, 0.4) is 0 Å². The zero-order valence-electron chi connectivity index (χ0n) is 12.8. The molecule has 0 amide bonds. The number of carbonyl (C=O) groups excluding carboxylic acids is 2. The number of rotatable bonds is 5. The molecule has 2 N–H and O–H groups in total. The molecule has 0 aromatic carbocycles. The van der Waals surface area contributed by atoms with Gasteiger partial charge in [-0.25, -0.2) is 8.78 Å². The summed E-state index contributed by atoms with van der Waals surface area (Å²) in [6.45, 7) is 8.62. The third kappa shape index (κ3) is 4.59. The van der Waals surface area contributed by atoms with Crippen LogP contribution < -0.4 is 0 Å². The van der Waals surface area contributed by atoms with Gasteiger partial charge < -0.3 is 10.2 Å². The van der Waals surface area contributed by atoms with E-state index in [4.69, 9.17) is 0 Å². The van der Waals surface area contributed by atoms with Crippen LogP contribution >= 0.6 is 0 Å². The van der Waals surface area contributed by atoms with Crippen LogP contribution in [0.2, 0.25) is 0 Å². The molecule has 0 aliphatic heterocycles. The van der Waals surface area contributed by atoms with Gasteiger partial charge in [0.1, 0.15) is 12.2 Å². The molecular weight excluding hydrogens is 270 g/mol. The van der Waals surface area contributed by atoms with E-state index in [1.165, 1.54) is 41.5 Å². The summed E-state index contributed by atoms with van der Waals surface area (Å²) in [5, 5.41) is 19.1. The maximum absolute atomic E-state index is 13.8. The molecule has 0 fully saturated rings. The van der Waals surface area contributed by atoms with Gasteiger partial charge in [-0.1, -0.05) is 41.5 Å². The molecule has 0 bridgehead atoms. The lowest BCUT2D eigenvalue weighted by Gasteiger charge is -2.28. The Bertz CT molecular complexity index is 368. The normalized spacial score (nSPS) is 19.1. The van der Waals surface area contributed by atoms with Crippen LogP contribution in [-0.2, 0) is 9.59 Å². The molecule has 4 nitrogen and oxygen atoms in total. The molecule has 0 aliphatic carbocycles. The SMILES string of the molecule is CC(C)(C)C(=O)C(F)C(O)C(O)C(=O)C(F)C(C)(C)C. The molecule has 20 heavy (non-hydrogen) atoms. The Labute approximate surface area is 118 Å². The van der Waals surface area contributed by atoms with Crippen molar-refractivity contribution in [3.05, 3.63) is 0 Å². The third-order valence-electron chi connectivity index (χ3n) is 2.91. The maximum atomic E-state index is 13.8. The molecule has 4 unspecified atom stereocenters. The Morgan fingerprint density at radius 2 is 1.35 bits per heavy atom. The first-order valence-corrected chi connectivity index (χ1v) is 6.43. The Hall–Kier alpha value is -0.880. The Kier molecular flexibility index (Phi) is 5.99. The molecule has 0 saturated heterocycles. The first-order chi connectivity index (χ1) is 8.71. The van der Waals surface area contributed by atoms with Gasteiger partial charge in [0.25, 0.3) is 0 Å². The van der Waals surface area contributed by atoms with Crippen molar-refractivity contribution < 1.29 is 28.6 Å². The van der Waals surface area contributed by atoms with Gasteiger partial charge in [0.2, 0.25) is 0 Å². The van der Waals surface area contributed by atoms with E-state index >= 15 is 0 Å². The fourth-order valence-electron chi connectivity index (χ4n) is 1.47. The maximum Gasteiger partial charge on any atom is 0.198 e. The van der Waals surface area contributed by atoms with Crippen LogP contribution in [0.5, 0.6) is 0 Å².